The maximum Gasteiger partial charge on any atom is 0.119 e. The van der Waals surface area contributed by atoms with E-state index < -0.39 is 0 Å². The van der Waals surface area contributed by atoms with Gasteiger partial charge in [0, 0.05) is 30.3 Å². The van der Waals surface area contributed by atoms with Crippen molar-refractivity contribution in [2.75, 3.05) is 38.7 Å². The molecule has 2 aliphatic rings. The van der Waals surface area contributed by atoms with E-state index >= 15 is 0 Å². The Kier molecular flexibility index (Phi) is 8.37. The first-order chi connectivity index (χ1) is 18.1. The molecule has 2 heterocycles. The fourth-order valence-electron chi connectivity index (χ4n) is 5.20. The fraction of sp³-hybridized carbons (Fsp3) is 0.355. The van der Waals surface area contributed by atoms with Gasteiger partial charge in [-0.05, 0) is 96.5 Å². The summed E-state index contributed by atoms with van der Waals surface area (Å²) in [6.45, 7) is 4.98. The van der Waals surface area contributed by atoms with Crippen molar-refractivity contribution in [2.45, 2.75) is 37.2 Å². The van der Waals surface area contributed by atoms with Crippen LogP contribution in [0.4, 0.5) is 4.39 Å². The highest BCUT2D eigenvalue weighted by molar-refractivity contribution is 7.99. The highest BCUT2D eigenvalue weighted by Crippen LogP contribution is 2.44. The minimum Gasteiger partial charge on any atom is -0.508 e. The van der Waals surface area contributed by atoms with Crippen molar-refractivity contribution in [3.8, 4) is 17.2 Å². The fourth-order valence-corrected chi connectivity index (χ4v) is 6.25. The predicted molar refractivity (Wildman–Crippen MR) is 149 cm³/mol. The smallest absolute Gasteiger partial charge is 0.119 e. The van der Waals surface area contributed by atoms with E-state index in [1.807, 2.05) is 31.2 Å². The number of nitrogens with zero attached hydrogens (tertiary/aromatic N) is 1. The number of phenolic OH excluding ortho intramolecular Hbond substituents is 1. The van der Waals surface area contributed by atoms with Gasteiger partial charge >= 0.3 is 0 Å². The van der Waals surface area contributed by atoms with E-state index in [1.54, 1.807) is 17.8 Å². The average Bonchev–Trinajstić information content (AvgIpc) is 3.27. The SMILES string of the molecule is CCOc1ccc(C2=C(c3ccc(OC4CCN(CCCF)C4)cc3)c3ccc(O)cc3SCC2)cc1. The largest absolute Gasteiger partial charge is 0.508 e. The monoisotopic (exact) mass is 519 g/mol. The molecule has 0 spiro atoms. The van der Waals surface area contributed by atoms with Gasteiger partial charge in [-0.25, -0.2) is 0 Å². The van der Waals surface area contributed by atoms with Gasteiger partial charge in [-0.2, -0.15) is 0 Å². The number of hydrogen-bond acceptors (Lipinski definition) is 5. The Morgan fingerprint density at radius 3 is 2.51 bits per heavy atom. The first-order valence-corrected chi connectivity index (χ1v) is 14.1. The van der Waals surface area contributed by atoms with Crippen LogP contribution in [0.5, 0.6) is 17.2 Å². The van der Waals surface area contributed by atoms with Gasteiger partial charge in [0.05, 0.1) is 13.3 Å². The lowest BCUT2D eigenvalue weighted by Gasteiger charge is -2.18. The molecule has 2 aliphatic heterocycles. The molecular weight excluding hydrogens is 485 g/mol. The van der Waals surface area contributed by atoms with Crippen LogP contribution in [0, 0.1) is 0 Å². The summed E-state index contributed by atoms with van der Waals surface area (Å²) in [6, 6.07) is 22.4. The molecule has 1 saturated heterocycles. The van der Waals surface area contributed by atoms with Crippen molar-refractivity contribution in [1.29, 1.82) is 0 Å². The van der Waals surface area contributed by atoms with E-state index in [0.29, 0.717) is 13.0 Å². The minimum atomic E-state index is -0.265. The zero-order valence-corrected chi connectivity index (χ0v) is 22.1. The Hall–Kier alpha value is -2.96. The molecule has 0 aliphatic carbocycles. The Morgan fingerprint density at radius 1 is 1.00 bits per heavy atom. The highest BCUT2D eigenvalue weighted by Gasteiger charge is 2.24. The van der Waals surface area contributed by atoms with E-state index in [2.05, 4.69) is 41.3 Å². The number of ether oxygens (including phenoxy) is 2. The van der Waals surface area contributed by atoms with Crippen molar-refractivity contribution in [1.82, 2.24) is 4.90 Å². The summed E-state index contributed by atoms with van der Waals surface area (Å²) >= 11 is 1.78. The van der Waals surface area contributed by atoms with Crippen LogP contribution in [0.3, 0.4) is 0 Å². The number of benzene rings is 3. The van der Waals surface area contributed by atoms with Crippen molar-refractivity contribution < 1.29 is 19.0 Å². The summed E-state index contributed by atoms with van der Waals surface area (Å²) in [5.74, 6) is 2.96. The third-order valence-corrected chi connectivity index (χ3v) is 8.00. The van der Waals surface area contributed by atoms with Crippen LogP contribution in [0.15, 0.2) is 71.6 Å². The molecule has 37 heavy (non-hydrogen) atoms. The van der Waals surface area contributed by atoms with E-state index in [1.165, 1.54) is 16.7 Å². The number of halogens is 1. The Labute approximate surface area is 223 Å². The first kappa shape index (κ1) is 25.7. The van der Waals surface area contributed by atoms with Crippen LogP contribution in [0.2, 0.25) is 0 Å². The average molecular weight is 520 g/mol. The molecule has 0 radical (unpaired) electrons. The van der Waals surface area contributed by atoms with E-state index in [4.69, 9.17) is 9.47 Å². The second kappa shape index (κ2) is 12.1. The van der Waals surface area contributed by atoms with Gasteiger partial charge in [-0.3, -0.25) is 9.29 Å². The molecule has 1 atom stereocenters. The Bertz CT molecular complexity index is 1230. The summed E-state index contributed by atoms with van der Waals surface area (Å²) in [6.07, 6.45) is 2.61. The van der Waals surface area contributed by atoms with Gasteiger partial charge in [-0.1, -0.05) is 24.3 Å². The molecule has 1 N–H and O–H groups in total. The first-order valence-electron chi connectivity index (χ1n) is 13.1. The van der Waals surface area contributed by atoms with Crippen LogP contribution in [-0.4, -0.2) is 54.8 Å². The number of allylic oxidation sites excluding steroid dienone is 1. The summed E-state index contributed by atoms with van der Waals surface area (Å²) in [7, 11) is 0. The number of aromatic hydroxyl groups is 1. The molecule has 4 nitrogen and oxygen atoms in total. The molecule has 3 aromatic carbocycles. The van der Waals surface area contributed by atoms with Gasteiger partial charge in [0.1, 0.15) is 23.4 Å². The lowest BCUT2D eigenvalue weighted by Crippen LogP contribution is -2.26. The number of alkyl halides is 1. The number of likely N-dealkylation sites (tertiary alicyclic amines) is 1. The van der Waals surface area contributed by atoms with Gasteiger partial charge in [0.25, 0.3) is 0 Å². The van der Waals surface area contributed by atoms with E-state index in [0.717, 1.165) is 65.8 Å². The molecule has 6 heteroatoms. The summed E-state index contributed by atoms with van der Waals surface area (Å²) in [5.41, 5.74) is 5.92. The van der Waals surface area contributed by atoms with Crippen molar-refractivity contribution in [3.05, 3.63) is 83.4 Å². The topological polar surface area (TPSA) is 41.9 Å². The maximum absolute atomic E-state index is 12.5. The van der Waals surface area contributed by atoms with Crippen LogP contribution >= 0.6 is 11.8 Å². The van der Waals surface area contributed by atoms with Crippen LogP contribution in [-0.2, 0) is 0 Å². The third-order valence-electron chi connectivity index (χ3n) is 6.94. The molecule has 0 amide bonds. The van der Waals surface area contributed by atoms with Gasteiger partial charge in [0.15, 0.2) is 0 Å². The molecule has 5 rings (SSSR count). The van der Waals surface area contributed by atoms with Crippen molar-refractivity contribution in [2.24, 2.45) is 0 Å². The van der Waals surface area contributed by atoms with Gasteiger partial charge in [0.2, 0.25) is 0 Å². The Morgan fingerprint density at radius 2 is 1.76 bits per heavy atom. The normalized spacial score (nSPS) is 17.9. The minimum absolute atomic E-state index is 0.141. The quantitative estimate of drug-likeness (QED) is 0.328. The van der Waals surface area contributed by atoms with Crippen LogP contribution in [0.25, 0.3) is 11.1 Å². The summed E-state index contributed by atoms with van der Waals surface area (Å²) in [5, 5.41) is 10.2. The third kappa shape index (κ3) is 6.13. The summed E-state index contributed by atoms with van der Waals surface area (Å²) < 4.78 is 24.5. The lowest BCUT2D eigenvalue weighted by molar-refractivity contribution is 0.198. The Balaban J connectivity index is 1.45. The molecule has 3 aromatic rings. The van der Waals surface area contributed by atoms with E-state index in [-0.39, 0.29) is 18.5 Å². The molecule has 1 unspecified atom stereocenters. The van der Waals surface area contributed by atoms with Crippen LogP contribution < -0.4 is 9.47 Å². The number of fused-ring (bicyclic) bond motifs is 1. The number of rotatable bonds is 9. The van der Waals surface area contributed by atoms with Gasteiger partial charge < -0.3 is 14.6 Å². The zero-order chi connectivity index (χ0) is 25.6. The second-order valence-electron chi connectivity index (χ2n) is 9.49. The number of thioether (sulfide) groups is 1. The number of hydrogen-bond donors (Lipinski definition) is 1. The molecule has 0 bridgehead atoms. The number of phenols is 1. The van der Waals surface area contributed by atoms with Crippen LogP contribution in [0.1, 0.15) is 42.9 Å². The molecule has 0 saturated carbocycles. The molecule has 194 valence electrons. The molecule has 1 fully saturated rings. The molecular formula is C31H34FNO3S. The standard InChI is InChI=1S/C31H34FNO3S/c1-2-35-25-9-4-22(5-10-25)28-15-19-37-30-20-24(34)8-13-29(30)31(28)23-6-11-26(12-7-23)36-27-14-18-33(21-27)17-3-16-32/h4-13,20,27,34H,2-3,14-19,21H2,1H3. The lowest BCUT2D eigenvalue weighted by atomic mass is 9.88. The van der Waals surface area contributed by atoms with Gasteiger partial charge in [-0.15, -0.1) is 11.8 Å². The van der Waals surface area contributed by atoms with E-state index in [9.17, 15) is 9.50 Å². The highest BCUT2D eigenvalue weighted by atomic mass is 32.2. The predicted octanol–water partition coefficient (Wildman–Crippen LogP) is 7.06. The zero-order valence-electron chi connectivity index (χ0n) is 21.3. The molecule has 0 aromatic heterocycles. The van der Waals surface area contributed by atoms with Crippen molar-refractivity contribution in [3.63, 3.8) is 0 Å². The maximum atomic E-state index is 12.5. The second-order valence-corrected chi connectivity index (χ2v) is 10.6. The summed E-state index contributed by atoms with van der Waals surface area (Å²) in [4.78, 5) is 3.37. The van der Waals surface area contributed by atoms with Crippen molar-refractivity contribution >= 4 is 22.9 Å².